The molecule has 13 heavy (non-hydrogen) atoms. The third-order valence-electron chi connectivity index (χ3n) is 2.32. The Morgan fingerprint density at radius 1 is 1.38 bits per heavy atom. The van der Waals surface area contributed by atoms with Gasteiger partial charge in [0, 0.05) is 5.56 Å². The zero-order valence-electron chi connectivity index (χ0n) is 7.88. The van der Waals surface area contributed by atoms with Gasteiger partial charge in [0.2, 0.25) is 0 Å². The summed E-state index contributed by atoms with van der Waals surface area (Å²) in [6, 6.07) is 7.47. The predicted molar refractivity (Wildman–Crippen MR) is 55.3 cm³/mol. The van der Waals surface area contributed by atoms with Crippen LogP contribution in [0.3, 0.4) is 0 Å². The predicted octanol–water partition coefficient (Wildman–Crippen LogP) is 3.58. The molecule has 1 aromatic carbocycles. The van der Waals surface area contributed by atoms with Gasteiger partial charge < -0.3 is 0 Å². The molecule has 0 amide bonds. The normalized spacial score (nSPS) is 12.5. The van der Waals surface area contributed by atoms with Gasteiger partial charge in [0.25, 0.3) is 5.24 Å². The van der Waals surface area contributed by atoms with E-state index in [-0.39, 0.29) is 0 Å². The van der Waals surface area contributed by atoms with Crippen molar-refractivity contribution in [3.05, 3.63) is 35.4 Å². The molecule has 0 aromatic heterocycles. The maximum atomic E-state index is 10.8. The Morgan fingerprint density at radius 3 is 2.31 bits per heavy atom. The molecule has 2 heteroatoms. The Bertz CT molecular complexity index is 289. The van der Waals surface area contributed by atoms with Crippen LogP contribution in [-0.2, 0) is 0 Å². The molecule has 70 valence electrons. The Hall–Kier alpha value is -0.820. The van der Waals surface area contributed by atoms with Gasteiger partial charge >= 0.3 is 0 Å². The fraction of sp³-hybridized carbons (Fsp3) is 0.364. The number of hydrogen-bond acceptors (Lipinski definition) is 1. The largest absolute Gasteiger partial charge is 0.276 e. The third kappa shape index (κ3) is 2.56. The van der Waals surface area contributed by atoms with Gasteiger partial charge in [0.15, 0.2) is 0 Å². The summed E-state index contributed by atoms with van der Waals surface area (Å²) in [4.78, 5) is 10.8. The zero-order valence-corrected chi connectivity index (χ0v) is 8.64. The maximum Gasteiger partial charge on any atom is 0.252 e. The number of carbonyl (C=O) groups excluding carboxylic acids is 1. The molecule has 0 aliphatic heterocycles. The highest BCUT2D eigenvalue weighted by Gasteiger charge is 2.04. The highest BCUT2D eigenvalue weighted by atomic mass is 35.5. The summed E-state index contributed by atoms with van der Waals surface area (Å²) in [5.41, 5.74) is 1.82. The molecule has 0 spiro atoms. The molecule has 1 rings (SSSR count). The summed E-state index contributed by atoms with van der Waals surface area (Å²) in [6.07, 6.45) is 1.11. The van der Waals surface area contributed by atoms with Crippen LogP contribution in [0.25, 0.3) is 0 Å². The van der Waals surface area contributed by atoms with E-state index in [1.54, 1.807) is 12.1 Å². The van der Waals surface area contributed by atoms with Crippen molar-refractivity contribution in [3.8, 4) is 0 Å². The fourth-order valence-corrected chi connectivity index (χ4v) is 1.30. The van der Waals surface area contributed by atoms with Gasteiger partial charge in [-0.25, -0.2) is 0 Å². The van der Waals surface area contributed by atoms with Crippen molar-refractivity contribution in [1.29, 1.82) is 0 Å². The van der Waals surface area contributed by atoms with Crippen molar-refractivity contribution in [3.63, 3.8) is 0 Å². The van der Waals surface area contributed by atoms with E-state index in [0.29, 0.717) is 11.5 Å². The molecule has 0 aliphatic carbocycles. The van der Waals surface area contributed by atoms with Crippen LogP contribution >= 0.6 is 11.6 Å². The number of carbonyl (C=O) groups is 1. The zero-order chi connectivity index (χ0) is 9.84. The SMILES string of the molecule is CC[C@H](C)c1ccc(C(=O)Cl)cc1. The summed E-state index contributed by atoms with van der Waals surface area (Å²) in [5, 5.41) is -0.393. The molecule has 0 bridgehead atoms. The molecule has 0 radical (unpaired) electrons. The molecular weight excluding hydrogens is 184 g/mol. The Kier molecular flexibility index (Phi) is 3.49. The molecule has 0 saturated heterocycles. The first-order chi connectivity index (χ1) is 6.15. The molecule has 0 unspecified atom stereocenters. The van der Waals surface area contributed by atoms with Crippen LogP contribution < -0.4 is 0 Å². The van der Waals surface area contributed by atoms with E-state index in [2.05, 4.69) is 13.8 Å². The Labute approximate surface area is 83.7 Å². The smallest absolute Gasteiger partial charge is 0.252 e. The van der Waals surface area contributed by atoms with Crippen LogP contribution in [0.5, 0.6) is 0 Å². The molecule has 1 nitrogen and oxygen atoms in total. The van der Waals surface area contributed by atoms with Crippen molar-refractivity contribution < 1.29 is 4.79 Å². The second-order valence-electron chi connectivity index (χ2n) is 3.21. The van der Waals surface area contributed by atoms with Gasteiger partial charge in [0.05, 0.1) is 0 Å². The standard InChI is InChI=1S/C11H13ClO/c1-3-8(2)9-4-6-10(7-5-9)11(12)13/h4-8H,3H2,1-2H3/t8-/m0/s1. The Balaban J connectivity index is 2.87. The van der Waals surface area contributed by atoms with Crippen molar-refractivity contribution in [2.45, 2.75) is 26.2 Å². The Morgan fingerprint density at radius 2 is 1.92 bits per heavy atom. The van der Waals surface area contributed by atoms with E-state index in [9.17, 15) is 4.79 Å². The lowest BCUT2D eigenvalue weighted by Crippen LogP contribution is -1.93. The highest BCUT2D eigenvalue weighted by molar-refractivity contribution is 6.67. The fourth-order valence-electron chi connectivity index (χ4n) is 1.18. The van der Waals surface area contributed by atoms with Crippen LogP contribution in [0.1, 0.15) is 42.1 Å². The van der Waals surface area contributed by atoms with Gasteiger partial charge in [-0.2, -0.15) is 0 Å². The number of rotatable bonds is 3. The molecule has 0 N–H and O–H groups in total. The number of hydrogen-bond donors (Lipinski definition) is 0. The van der Waals surface area contributed by atoms with E-state index in [0.717, 1.165) is 6.42 Å². The number of benzene rings is 1. The van der Waals surface area contributed by atoms with Gasteiger partial charge in [-0.3, -0.25) is 4.79 Å². The maximum absolute atomic E-state index is 10.8. The van der Waals surface area contributed by atoms with Gasteiger partial charge in [-0.05, 0) is 41.6 Å². The summed E-state index contributed by atoms with van der Waals surface area (Å²) < 4.78 is 0. The van der Waals surface area contributed by atoms with Crippen molar-refractivity contribution in [1.82, 2.24) is 0 Å². The lowest BCUT2D eigenvalue weighted by molar-refractivity contribution is 0.108. The first-order valence-corrected chi connectivity index (χ1v) is 4.82. The quantitative estimate of drug-likeness (QED) is 0.676. The van der Waals surface area contributed by atoms with Crippen LogP contribution in [0.2, 0.25) is 0 Å². The average Bonchev–Trinajstić information content (AvgIpc) is 2.17. The summed E-state index contributed by atoms with van der Waals surface area (Å²) >= 11 is 5.33. The van der Waals surface area contributed by atoms with E-state index in [1.165, 1.54) is 5.56 Å². The second kappa shape index (κ2) is 4.43. The molecule has 0 fully saturated rings. The van der Waals surface area contributed by atoms with Crippen LogP contribution in [0.4, 0.5) is 0 Å². The monoisotopic (exact) mass is 196 g/mol. The topological polar surface area (TPSA) is 17.1 Å². The lowest BCUT2D eigenvalue weighted by atomic mass is 9.98. The second-order valence-corrected chi connectivity index (χ2v) is 3.55. The third-order valence-corrected chi connectivity index (χ3v) is 2.54. The minimum atomic E-state index is -0.393. The minimum Gasteiger partial charge on any atom is -0.276 e. The highest BCUT2D eigenvalue weighted by Crippen LogP contribution is 2.19. The average molecular weight is 197 g/mol. The lowest BCUT2D eigenvalue weighted by Gasteiger charge is -2.08. The number of halogens is 1. The summed E-state index contributed by atoms with van der Waals surface area (Å²) in [6.45, 7) is 4.31. The van der Waals surface area contributed by atoms with Crippen LogP contribution in [0, 0.1) is 0 Å². The first kappa shape index (κ1) is 10.3. The minimum absolute atomic E-state index is 0.393. The molecular formula is C11H13ClO. The van der Waals surface area contributed by atoms with Crippen LogP contribution in [-0.4, -0.2) is 5.24 Å². The summed E-state index contributed by atoms with van der Waals surface area (Å²) in [5.74, 6) is 0.541. The van der Waals surface area contributed by atoms with Crippen molar-refractivity contribution in [2.75, 3.05) is 0 Å². The molecule has 0 saturated carbocycles. The molecule has 1 atom stereocenters. The summed E-state index contributed by atoms with van der Waals surface area (Å²) in [7, 11) is 0. The van der Waals surface area contributed by atoms with Crippen LogP contribution in [0.15, 0.2) is 24.3 Å². The van der Waals surface area contributed by atoms with E-state index in [1.807, 2.05) is 12.1 Å². The first-order valence-electron chi connectivity index (χ1n) is 4.45. The van der Waals surface area contributed by atoms with Gasteiger partial charge in [-0.15, -0.1) is 0 Å². The molecule has 0 aliphatic rings. The van der Waals surface area contributed by atoms with E-state index >= 15 is 0 Å². The molecule has 0 heterocycles. The van der Waals surface area contributed by atoms with Gasteiger partial charge in [0.1, 0.15) is 0 Å². The van der Waals surface area contributed by atoms with Gasteiger partial charge in [-0.1, -0.05) is 26.0 Å². The van der Waals surface area contributed by atoms with E-state index < -0.39 is 5.24 Å². The van der Waals surface area contributed by atoms with Crippen molar-refractivity contribution >= 4 is 16.8 Å². The van der Waals surface area contributed by atoms with Crippen molar-refractivity contribution in [2.24, 2.45) is 0 Å². The van der Waals surface area contributed by atoms with E-state index in [4.69, 9.17) is 11.6 Å². The molecule has 1 aromatic rings.